The molecule has 0 aliphatic carbocycles. The summed E-state index contributed by atoms with van der Waals surface area (Å²) >= 11 is 5.67. The van der Waals surface area contributed by atoms with Crippen molar-refractivity contribution in [3.05, 3.63) is 356 Å². The Bertz CT molecular complexity index is 4870. The van der Waals surface area contributed by atoms with Gasteiger partial charge in [0.15, 0.2) is 0 Å². The number of para-hydroxylation sites is 1. The second-order valence-corrected chi connectivity index (χ2v) is 43.0. The van der Waals surface area contributed by atoms with E-state index >= 15 is 0 Å². The molecule has 1 aliphatic rings. The third-order valence-corrected chi connectivity index (χ3v) is 23.5. The summed E-state index contributed by atoms with van der Waals surface area (Å²) in [6.45, 7) is 62.3. The Labute approximate surface area is 741 Å². The lowest BCUT2D eigenvalue weighted by Gasteiger charge is -2.32. The van der Waals surface area contributed by atoms with Crippen molar-refractivity contribution in [1.82, 2.24) is 0 Å². The SMILES string of the molecule is Brc1ccccc1.CC(C)(C)c1ccc(N(c2ccc(B3OC(C)(C)C(C)(C)O3)cc2)c2ccc(C(C)(C)C)cc2)cc1.CC(C)(C)c1ccc(N(c2ccc(I)cc2)c2ccc(C(C)(C)C)cc2)cc1.CC(C)(C)c1ccc(N(c2ccccc2)c2ccc(C(C)(C)C)cc2)cc1.CC(C)(C)c1ccc(Nc2ccc(C(C)(C)C)cc2)cc1. The zero-order valence-electron chi connectivity index (χ0n) is 76.9. The first-order valence-electron chi connectivity index (χ1n) is 42.3. The van der Waals surface area contributed by atoms with Gasteiger partial charge in [0, 0.05) is 70.6 Å². The maximum absolute atomic E-state index is 6.27. The molecule has 0 spiro atoms. The van der Waals surface area contributed by atoms with Crippen LogP contribution in [0, 0.1) is 3.57 Å². The van der Waals surface area contributed by atoms with Gasteiger partial charge >= 0.3 is 7.12 Å². The van der Waals surface area contributed by atoms with Crippen molar-refractivity contribution < 1.29 is 9.31 Å². The number of nitrogens with one attached hydrogen (secondary N) is 1. The van der Waals surface area contributed by atoms with Crippen LogP contribution in [0.2, 0.25) is 0 Å². The van der Waals surface area contributed by atoms with E-state index in [9.17, 15) is 0 Å². The maximum Gasteiger partial charge on any atom is 0.494 e. The summed E-state index contributed by atoms with van der Waals surface area (Å²) in [7, 11) is -0.366. The van der Waals surface area contributed by atoms with Gasteiger partial charge in [-0.1, -0.05) is 328 Å². The quantitative estimate of drug-likeness (QED) is 0.0971. The minimum Gasteiger partial charge on any atom is -0.399 e. The molecule has 1 saturated heterocycles. The molecule has 0 bridgehead atoms. The topological polar surface area (TPSA) is 40.2 Å². The van der Waals surface area contributed by atoms with Gasteiger partial charge in [0.05, 0.1) is 11.2 Å². The molecule has 1 aliphatic heterocycles. The molecular formula is C110H135BBrIN4O2. The highest BCUT2D eigenvalue weighted by atomic mass is 127. The Morgan fingerprint density at radius 1 is 0.244 bits per heavy atom. The highest BCUT2D eigenvalue weighted by Crippen LogP contribution is 2.43. The molecule has 0 radical (unpaired) electrons. The van der Waals surface area contributed by atoms with E-state index in [0.29, 0.717) is 0 Å². The minimum absolute atomic E-state index is 0.113. The van der Waals surface area contributed by atoms with Crippen LogP contribution in [0.1, 0.15) is 238 Å². The fraction of sp³-hybridized carbons (Fsp3) is 0.345. The van der Waals surface area contributed by atoms with Crippen molar-refractivity contribution in [2.24, 2.45) is 0 Å². The Hall–Kier alpha value is -8.97. The largest absolute Gasteiger partial charge is 0.494 e. The first-order valence-corrected chi connectivity index (χ1v) is 44.2. The van der Waals surface area contributed by atoms with E-state index in [1.807, 2.05) is 30.3 Å². The summed E-state index contributed by atoms with van der Waals surface area (Å²) in [6, 6.07) is 109. The molecule has 1 heterocycles. The maximum atomic E-state index is 6.27. The predicted molar refractivity (Wildman–Crippen MR) is 532 cm³/mol. The molecule has 13 rings (SSSR count). The van der Waals surface area contributed by atoms with E-state index in [1.54, 1.807) is 0 Å². The van der Waals surface area contributed by atoms with Gasteiger partial charge in [0.25, 0.3) is 0 Å². The molecule has 0 unspecified atom stereocenters. The Kier molecular flexibility index (Phi) is 30.3. The fourth-order valence-corrected chi connectivity index (χ4v) is 14.3. The lowest BCUT2D eigenvalue weighted by molar-refractivity contribution is 0.00578. The number of benzene rings is 12. The second kappa shape index (κ2) is 38.4. The average Bonchev–Trinajstić information content (AvgIpc) is 1.70. The standard InChI is InChI=1S/C32H42BNO2.C26H30IN.C26H31N.C20H27N.C6H5Br/c1-29(2,3)23-11-17-26(18-12-23)34(27-19-13-24(14-20-27)30(4,5)6)28-21-15-25(16-22-28)33-35-31(7,8)32(9,10)36-33;1-25(2,3)19-7-13-22(14-8-19)28(24-17-11-21(27)12-18-24)23-15-9-20(10-16-23)26(4,5)6;1-25(2,3)20-12-16-23(17-13-20)27(22-10-8-7-9-11-22)24-18-14-21(15-19-24)26(4,5)6;1-19(2,3)15-7-11-17(12-8-15)21-18-13-9-16(10-14-18)20(4,5)6;7-6-4-2-1-3-5-6/h11-22H,1-10H3;7-18H,1-6H3;7-19H,1-6H3;7-14,21H,1-6H3;1-5H. The molecule has 0 saturated carbocycles. The number of hydrogen-bond donors (Lipinski definition) is 1. The number of nitrogens with zero attached hydrogens (tertiary/aromatic N) is 3. The summed E-state index contributed by atoms with van der Waals surface area (Å²) < 4.78 is 14.9. The van der Waals surface area contributed by atoms with Gasteiger partial charge in [-0.25, -0.2) is 0 Å². The van der Waals surface area contributed by atoms with Gasteiger partial charge in [0.2, 0.25) is 0 Å². The summed E-state index contributed by atoms with van der Waals surface area (Å²) in [5, 5.41) is 3.46. The van der Waals surface area contributed by atoms with Crippen LogP contribution < -0.4 is 25.5 Å². The van der Waals surface area contributed by atoms with Crippen molar-refractivity contribution in [2.75, 3.05) is 20.0 Å². The summed E-state index contributed by atoms with van der Waals surface area (Å²) in [4.78, 5) is 6.96. The third-order valence-electron chi connectivity index (χ3n) is 22.2. The summed E-state index contributed by atoms with van der Waals surface area (Å²) in [6.07, 6.45) is 0. The monoisotopic (exact) mass is 1760 g/mol. The number of anilines is 11. The molecule has 9 heteroatoms. The van der Waals surface area contributed by atoms with Crippen molar-refractivity contribution in [2.45, 2.75) is 248 Å². The van der Waals surface area contributed by atoms with E-state index in [-0.39, 0.29) is 61.6 Å². The summed E-state index contributed by atoms with van der Waals surface area (Å²) in [5.74, 6) is 0. The van der Waals surface area contributed by atoms with Crippen LogP contribution in [0.25, 0.3) is 0 Å². The van der Waals surface area contributed by atoms with Crippen LogP contribution in [0.3, 0.4) is 0 Å². The van der Waals surface area contributed by atoms with Gasteiger partial charge in [-0.15, -0.1) is 0 Å². The zero-order chi connectivity index (χ0) is 87.5. The van der Waals surface area contributed by atoms with Crippen molar-refractivity contribution in [3.63, 3.8) is 0 Å². The molecule has 119 heavy (non-hydrogen) atoms. The molecule has 12 aromatic carbocycles. The lowest BCUT2D eigenvalue weighted by Crippen LogP contribution is -2.41. The molecule has 0 aromatic heterocycles. The fourth-order valence-electron chi connectivity index (χ4n) is 13.6. The molecule has 0 atom stereocenters. The van der Waals surface area contributed by atoms with E-state index in [4.69, 9.17) is 9.31 Å². The first kappa shape index (κ1) is 93.9. The summed E-state index contributed by atoms with van der Waals surface area (Å²) in [5.41, 5.74) is 25.0. The van der Waals surface area contributed by atoms with Gasteiger partial charge in [-0.2, -0.15) is 0 Å². The second-order valence-electron chi connectivity index (χ2n) is 40.9. The van der Waals surface area contributed by atoms with Crippen molar-refractivity contribution in [3.8, 4) is 0 Å². The highest BCUT2D eigenvalue weighted by molar-refractivity contribution is 14.1. The Balaban J connectivity index is 0.000000178. The molecule has 1 fully saturated rings. The van der Waals surface area contributed by atoms with Gasteiger partial charge in [-0.3, -0.25) is 0 Å². The predicted octanol–water partition coefficient (Wildman–Crippen LogP) is 32.6. The first-order chi connectivity index (χ1) is 55.4. The smallest absolute Gasteiger partial charge is 0.399 e. The van der Waals surface area contributed by atoms with Gasteiger partial charge < -0.3 is 29.3 Å². The van der Waals surface area contributed by atoms with Gasteiger partial charge in [-0.05, 0) is 301 Å². The van der Waals surface area contributed by atoms with Crippen LogP contribution in [0.15, 0.2) is 308 Å². The molecule has 0 amide bonds. The number of halogens is 2. The van der Waals surface area contributed by atoms with Crippen LogP contribution in [0.4, 0.5) is 62.6 Å². The lowest BCUT2D eigenvalue weighted by atomic mass is 9.79. The Morgan fingerprint density at radius 3 is 0.613 bits per heavy atom. The highest BCUT2D eigenvalue weighted by Gasteiger charge is 2.51. The minimum atomic E-state index is -0.366. The number of rotatable bonds is 12. The third kappa shape index (κ3) is 26.3. The Morgan fingerprint density at radius 2 is 0.420 bits per heavy atom. The molecule has 624 valence electrons. The number of hydrogen-bond acceptors (Lipinski definition) is 6. The van der Waals surface area contributed by atoms with Crippen LogP contribution in [-0.4, -0.2) is 18.3 Å². The van der Waals surface area contributed by atoms with E-state index in [0.717, 1.165) is 38.4 Å². The molecule has 1 N–H and O–H groups in total. The normalized spacial score (nSPS) is 13.5. The van der Waals surface area contributed by atoms with E-state index in [2.05, 4.69) is 525 Å². The van der Waals surface area contributed by atoms with E-state index < -0.39 is 0 Å². The van der Waals surface area contributed by atoms with Gasteiger partial charge in [0.1, 0.15) is 0 Å². The zero-order valence-corrected chi connectivity index (χ0v) is 80.6. The molecule has 6 nitrogen and oxygen atoms in total. The van der Waals surface area contributed by atoms with E-state index in [1.165, 1.54) is 82.2 Å². The average molecular weight is 1760 g/mol. The molecular weight excluding hydrogens is 1630 g/mol. The van der Waals surface area contributed by atoms with Crippen LogP contribution in [0.5, 0.6) is 0 Å². The van der Waals surface area contributed by atoms with Crippen LogP contribution >= 0.6 is 38.5 Å². The molecule has 12 aromatic rings. The van der Waals surface area contributed by atoms with Crippen molar-refractivity contribution in [1.29, 1.82) is 0 Å². The van der Waals surface area contributed by atoms with Crippen LogP contribution in [-0.2, 0) is 52.6 Å². The van der Waals surface area contributed by atoms with Crippen molar-refractivity contribution >= 4 is 114 Å².